The minimum Gasteiger partial charge on any atom is -0.469 e. The standard InChI is InChI=1S/C16H32O2/c1-4-5-6-7-8-9-10-11-12-13-14-15(2)16(17)18-3/h15H,4-14H2,1-3H3/t15-/m0/s1. The molecule has 0 N–H and O–H groups in total. The molecule has 0 bridgehead atoms. The Kier molecular flexibility index (Phi) is 12.5. The molecule has 0 saturated heterocycles. The average molecular weight is 256 g/mol. The molecule has 0 heterocycles. The summed E-state index contributed by atoms with van der Waals surface area (Å²) in [6.45, 7) is 4.22. The van der Waals surface area contributed by atoms with Crippen LogP contribution in [-0.2, 0) is 9.53 Å². The van der Waals surface area contributed by atoms with Crippen LogP contribution in [0, 0.1) is 5.92 Å². The molecule has 2 nitrogen and oxygen atoms in total. The van der Waals surface area contributed by atoms with Crippen molar-refractivity contribution >= 4 is 5.97 Å². The van der Waals surface area contributed by atoms with Gasteiger partial charge in [0.25, 0.3) is 0 Å². The maximum Gasteiger partial charge on any atom is 0.308 e. The lowest BCUT2D eigenvalue weighted by Gasteiger charge is -2.08. The van der Waals surface area contributed by atoms with Gasteiger partial charge in [-0.25, -0.2) is 0 Å². The molecule has 0 aromatic rings. The fourth-order valence-electron chi connectivity index (χ4n) is 2.26. The van der Waals surface area contributed by atoms with E-state index in [0.29, 0.717) is 0 Å². The summed E-state index contributed by atoms with van der Waals surface area (Å²) in [6, 6.07) is 0. The van der Waals surface area contributed by atoms with Crippen molar-refractivity contribution in [2.45, 2.75) is 84.5 Å². The van der Waals surface area contributed by atoms with E-state index in [1.807, 2.05) is 6.92 Å². The highest BCUT2D eigenvalue weighted by molar-refractivity contribution is 5.71. The number of esters is 1. The molecule has 108 valence electrons. The molecule has 0 rings (SSSR count). The molecule has 0 spiro atoms. The van der Waals surface area contributed by atoms with E-state index >= 15 is 0 Å². The third kappa shape index (κ3) is 10.6. The molecule has 0 aliphatic carbocycles. The van der Waals surface area contributed by atoms with Crippen molar-refractivity contribution in [3.8, 4) is 0 Å². The second kappa shape index (κ2) is 12.9. The number of carbonyl (C=O) groups is 1. The number of rotatable bonds is 12. The highest BCUT2D eigenvalue weighted by atomic mass is 16.5. The van der Waals surface area contributed by atoms with Crippen molar-refractivity contribution in [2.75, 3.05) is 7.11 Å². The molecule has 0 fully saturated rings. The van der Waals surface area contributed by atoms with Gasteiger partial charge in [0, 0.05) is 0 Å². The van der Waals surface area contributed by atoms with Gasteiger partial charge in [0.1, 0.15) is 0 Å². The van der Waals surface area contributed by atoms with Crippen LogP contribution in [0.5, 0.6) is 0 Å². The van der Waals surface area contributed by atoms with E-state index in [1.54, 1.807) is 0 Å². The van der Waals surface area contributed by atoms with Crippen molar-refractivity contribution in [3.63, 3.8) is 0 Å². The minimum absolute atomic E-state index is 0.0640. The van der Waals surface area contributed by atoms with Crippen LogP contribution in [0.4, 0.5) is 0 Å². The molecule has 0 amide bonds. The summed E-state index contributed by atoms with van der Waals surface area (Å²) in [4.78, 5) is 11.2. The summed E-state index contributed by atoms with van der Waals surface area (Å²) < 4.78 is 4.72. The quantitative estimate of drug-likeness (QED) is 0.358. The van der Waals surface area contributed by atoms with Crippen LogP contribution in [0.1, 0.15) is 84.5 Å². The van der Waals surface area contributed by atoms with Crippen molar-refractivity contribution in [2.24, 2.45) is 5.92 Å². The molecular weight excluding hydrogens is 224 g/mol. The van der Waals surface area contributed by atoms with E-state index in [-0.39, 0.29) is 11.9 Å². The summed E-state index contributed by atoms with van der Waals surface area (Å²) in [6.07, 6.45) is 14.4. The molecule has 0 radical (unpaired) electrons. The van der Waals surface area contributed by atoms with Crippen LogP contribution >= 0.6 is 0 Å². The zero-order valence-electron chi connectivity index (χ0n) is 12.7. The zero-order valence-corrected chi connectivity index (χ0v) is 12.7. The maximum atomic E-state index is 11.2. The fourth-order valence-corrected chi connectivity index (χ4v) is 2.26. The van der Waals surface area contributed by atoms with Gasteiger partial charge in [-0.2, -0.15) is 0 Å². The van der Waals surface area contributed by atoms with Gasteiger partial charge in [-0.15, -0.1) is 0 Å². The van der Waals surface area contributed by atoms with Crippen LogP contribution in [0.15, 0.2) is 0 Å². The van der Waals surface area contributed by atoms with Crippen LogP contribution in [0.2, 0.25) is 0 Å². The van der Waals surface area contributed by atoms with Gasteiger partial charge >= 0.3 is 5.97 Å². The summed E-state index contributed by atoms with van der Waals surface area (Å²) in [5, 5.41) is 0. The minimum atomic E-state index is -0.0640. The molecule has 0 saturated carbocycles. The Morgan fingerprint density at radius 1 is 0.889 bits per heavy atom. The summed E-state index contributed by atoms with van der Waals surface area (Å²) in [7, 11) is 1.47. The first-order valence-corrected chi connectivity index (χ1v) is 7.80. The van der Waals surface area contributed by atoms with Crippen molar-refractivity contribution < 1.29 is 9.53 Å². The van der Waals surface area contributed by atoms with Crippen molar-refractivity contribution in [1.82, 2.24) is 0 Å². The topological polar surface area (TPSA) is 26.3 Å². The SMILES string of the molecule is CCCCCCCCCCCC[C@H](C)C(=O)OC. The predicted molar refractivity (Wildman–Crippen MR) is 77.6 cm³/mol. The first-order chi connectivity index (χ1) is 8.72. The Balaban J connectivity index is 3.14. The Labute approximate surface area is 113 Å². The molecule has 0 aliphatic heterocycles. The van der Waals surface area contributed by atoms with Gasteiger partial charge in [-0.3, -0.25) is 4.79 Å². The average Bonchev–Trinajstić information content (AvgIpc) is 2.39. The second-order valence-electron chi connectivity index (χ2n) is 5.39. The number of ether oxygens (including phenoxy) is 1. The molecule has 0 aromatic carbocycles. The predicted octanol–water partition coefficient (Wildman–Crippen LogP) is 5.11. The number of hydrogen-bond donors (Lipinski definition) is 0. The van der Waals surface area contributed by atoms with E-state index in [0.717, 1.165) is 12.8 Å². The number of hydrogen-bond acceptors (Lipinski definition) is 2. The summed E-state index contributed by atoms with van der Waals surface area (Å²) in [5.41, 5.74) is 0. The van der Waals surface area contributed by atoms with E-state index in [2.05, 4.69) is 6.92 Å². The number of unbranched alkanes of at least 4 members (excludes halogenated alkanes) is 9. The normalized spacial score (nSPS) is 12.4. The van der Waals surface area contributed by atoms with Gasteiger partial charge in [0.05, 0.1) is 13.0 Å². The molecule has 18 heavy (non-hydrogen) atoms. The largest absolute Gasteiger partial charge is 0.469 e. The lowest BCUT2D eigenvalue weighted by Crippen LogP contribution is -2.12. The molecule has 1 atom stereocenters. The van der Waals surface area contributed by atoms with Crippen molar-refractivity contribution in [3.05, 3.63) is 0 Å². The summed E-state index contributed by atoms with van der Waals surface area (Å²) in [5.74, 6) is 0.00923. The third-order valence-corrected chi connectivity index (χ3v) is 3.59. The van der Waals surface area contributed by atoms with E-state index in [1.165, 1.54) is 64.9 Å². The third-order valence-electron chi connectivity index (χ3n) is 3.59. The molecule has 2 heteroatoms. The highest BCUT2D eigenvalue weighted by Crippen LogP contribution is 2.14. The van der Waals surface area contributed by atoms with E-state index in [4.69, 9.17) is 4.74 Å². The Hall–Kier alpha value is -0.530. The molecular formula is C16H32O2. The van der Waals surface area contributed by atoms with Gasteiger partial charge in [-0.05, 0) is 6.42 Å². The Bertz CT molecular complexity index is 190. The maximum absolute atomic E-state index is 11.2. The van der Waals surface area contributed by atoms with Crippen LogP contribution in [0.3, 0.4) is 0 Å². The lowest BCUT2D eigenvalue weighted by atomic mass is 10.0. The number of carbonyl (C=O) groups excluding carboxylic acids is 1. The monoisotopic (exact) mass is 256 g/mol. The molecule has 0 aliphatic rings. The van der Waals surface area contributed by atoms with Gasteiger partial charge < -0.3 is 4.74 Å². The van der Waals surface area contributed by atoms with Gasteiger partial charge in [-0.1, -0.05) is 78.1 Å². The first kappa shape index (κ1) is 17.5. The van der Waals surface area contributed by atoms with Crippen LogP contribution in [0.25, 0.3) is 0 Å². The Morgan fingerprint density at radius 2 is 1.33 bits per heavy atom. The van der Waals surface area contributed by atoms with Crippen molar-refractivity contribution in [1.29, 1.82) is 0 Å². The molecule has 0 aromatic heterocycles. The van der Waals surface area contributed by atoms with Crippen LogP contribution in [-0.4, -0.2) is 13.1 Å². The number of methoxy groups -OCH3 is 1. The second-order valence-corrected chi connectivity index (χ2v) is 5.39. The van der Waals surface area contributed by atoms with Gasteiger partial charge in [0.2, 0.25) is 0 Å². The lowest BCUT2D eigenvalue weighted by molar-refractivity contribution is -0.145. The van der Waals surface area contributed by atoms with Crippen LogP contribution < -0.4 is 0 Å². The summed E-state index contributed by atoms with van der Waals surface area (Å²) >= 11 is 0. The van der Waals surface area contributed by atoms with Gasteiger partial charge in [0.15, 0.2) is 0 Å². The Morgan fingerprint density at radius 3 is 1.78 bits per heavy atom. The zero-order chi connectivity index (χ0) is 13.6. The fraction of sp³-hybridized carbons (Fsp3) is 0.938. The highest BCUT2D eigenvalue weighted by Gasteiger charge is 2.11. The molecule has 0 unspecified atom stereocenters. The van der Waals surface area contributed by atoms with E-state index < -0.39 is 0 Å². The van der Waals surface area contributed by atoms with E-state index in [9.17, 15) is 4.79 Å². The smallest absolute Gasteiger partial charge is 0.308 e. The first-order valence-electron chi connectivity index (χ1n) is 7.80.